The van der Waals surface area contributed by atoms with Gasteiger partial charge in [0.15, 0.2) is 0 Å². The van der Waals surface area contributed by atoms with Crippen molar-refractivity contribution >= 4 is 29.4 Å². The van der Waals surface area contributed by atoms with Gasteiger partial charge in [-0.15, -0.1) is 11.3 Å². The van der Waals surface area contributed by atoms with Gasteiger partial charge < -0.3 is 0 Å². The third-order valence-electron chi connectivity index (χ3n) is 6.57. The van der Waals surface area contributed by atoms with Crippen LogP contribution in [0.3, 0.4) is 0 Å². The number of carbonyl (C=O) groups excluding carboxylic acids is 2. The van der Waals surface area contributed by atoms with Gasteiger partial charge in [0.05, 0.1) is 28.6 Å². The number of para-hydroxylation sites is 1. The molecule has 2 aromatic heterocycles. The molecule has 0 unspecified atom stereocenters. The molecule has 4 aliphatic rings. The minimum absolute atomic E-state index is 0.161. The number of fused-ring (bicyclic) bond motifs is 1. The van der Waals surface area contributed by atoms with Crippen LogP contribution in [0, 0.1) is 23.7 Å². The third-order valence-corrected chi connectivity index (χ3v) is 7.44. The SMILES string of the molecule is O=C1[C@@H]2[C@@H](C(=O)N1/N=C\c1cn(-c3ccccc3)nc1-c1cccs1)[C@H]1C=C[C@H]2CC1. The van der Waals surface area contributed by atoms with Crippen LogP contribution in [0.2, 0.25) is 0 Å². The van der Waals surface area contributed by atoms with Crippen LogP contribution in [0.25, 0.3) is 16.3 Å². The number of thiophene rings is 1. The molecule has 7 rings (SSSR count). The molecule has 2 fully saturated rings. The van der Waals surface area contributed by atoms with Gasteiger partial charge in [-0.1, -0.05) is 36.4 Å². The summed E-state index contributed by atoms with van der Waals surface area (Å²) in [5.41, 5.74) is 2.48. The van der Waals surface area contributed by atoms with Crippen molar-refractivity contribution in [2.75, 3.05) is 0 Å². The summed E-state index contributed by atoms with van der Waals surface area (Å²) in [6, 6.07) is 13.8. The van der Waals surface area contributed by atoms with Gasteiger partial charge in [-0.25, -0.2) is 4.68 Å². The molecule has 1 saturated heterocycles. The smallest absolute Gasteiger partial charge is 0.254 e. The Balaban J connectivity index is 1.36. The number of nitrogens with zero attached hydrogens (tertiary/aromatic N) is 4. The fraction of sp³-hybridized carbons (Fsp3) is 0.250. The number of benzene rings is 1. The molecule has 0 spiro atoms. The molecule has 0 N–H and O–H groups in total. The lowest BCUT2D eigenvalue weighted by atomic mass is 9.63. The summed E-state index contributed by atoms with van der Waals surface area (Å²) >= 11 is 1.59. The van der Waals surface area contributed by atoms with Crippen LogP contribution < -0.4 is 0 Å². The zero-order chi connectivity index (χ0) is 20.9. The molecule has 3 aromatic rings. The lowest BCUT2D eigenvalue weighted by molar-refractivity contribution is -0.140. The van der Waals surface area contributed by atoms with E-state index in [-0.39, 0.29) is 35.5 Å². The second kappa shape index (κ2) is 7.13. The fourth-order valence-electron chi connectivity index (χ4n) is 5.09. The van der Waals surface area contributed by atoms with Crippen molar-refractivity contribution in [1.82, 2.24) is 14.8 Å². The van der Waals surface area contributed by atoms with Crippen LogP contribution >= 0.6 is 11.3 Å². The van der Waals surface area contributed by atoms with E-state index in [4.69, 9.17) is 5.10 Å². The Morgan fingerprint density at radius 2 is 1.68 bits per heavy atom. The largest absolute Gasteiger partial charge is 0.272 e. The van der Waals surface area contributed by atoms with E-state index in [2.05, 4.69) is 17.3 Å². The summed E-state index contributed by atoms with van der Waals surface area (Å²) < 4.78 is 1.80. The molecular weight excluding hydrogens is 408 g/mol. The number of amides is 2. The van der Waals surface area contributed by atoms with Crippen molar-refractivity contribution < 1.29 is 9.59 Å². The number of aromatic nitrogens is 2. The predicted molar refractivity (Wildman–Crippen MR) is 119 cm³/mol. The molecule has 1 saturated carbocycles. The number of hydrogen-bond donors (Lipinski definition) is 0. The topological polar surface area (TPSA) is 67.6 Å². The third kappa shape index (κ3) is 2.91. The summed E-state index contributed by atoms with van der Waals surface area (Å²) in [7, 11) is 0. The summed E-state index contributed by atoms with van der Waals surface area (Å²) in [6.45, 7) is 0. The number of carbonyl (C=O) groups is 2. The Labute approximate surface area is 183 Å². The van der Waals surface area contributed by atoms with Crippen molar-refractivity contribution in [3.63, 3.8) is 0 Å². The number of hydrazone groups is 1. The highest BCUT2D eigenvalue weighted by Gasteiger charge is 2.56. The minimum Gasteiger partial charge on any atom is -0.272 e. The molecule has 6 nitrogen and oxygen atoms in total. The van der Waals surface area contributed by atoms with Crippen LogP contribution in [-0.2, 0) is 9.59 Å². The van der Waals surface area contributed by atoms with Gasteiger partial charge in [-0.2, -0.15) is 15.2 Å². The lowest BCUT2D eigenvalue weighted by Gasteiger charge is -2.37. The van der Waals surface area contributed by atoms with E-state index in [1.165, 1.54) is 0 Å². The first kappa shape index (κ1) is 18.4. The van der Waals surface area contributed by atoms with Gasteiger partial charge in [-0.3, -0.25) is 9.59 Å². The average Bonchev–Trinajstić information content (AvgIpc) is 3.54. The van der Waals surface area contributed by atoms with E-state index in [1.807, 2.05) is 54.0 Å². The predicted octanol–water partition coefficient (Wildman–Crippen LogP) is 4.13. The molecule has 2 bridgehead atoms. The number of rotatable bonds is 4. The van der Waals surface area contributed by atoms with Crippen LogP contribution in [0.4, 0.5) is 0 Å². The first-order chi connectivity index (χ1) is 15.2. The van der Waals surface area contributed by atoms with E-state index < -0.39 is 0 Å². The van der Waals surface area contributed by atoms with Crippen LogP contribution in [0.1, 0.15) is 18.4 Å². The normalized spacial score (nSPS) is 26.9. The molecular formula is C24H20N4O2S. The molecule has 31 heavy (non-hydrogen) atoms. The standard InChI is InChI=1S/C24H20N4O2S/c29-23-20-15-8-9-16(11-10-15)21(20)24(30)28(23)25-13-17-14-27(18-5-2-1-3-6-18)26-22(17)19-7-4-12-31-19/h1-9,12-16,20-21H,10-11H2/b25-13-/t15-,16-,20-,21-/m0/s1. The summed E-state index contributed by atoms with van der Waals surface area (Å²) in [4.78, 5) is 27.1. The van der Waals surface area contributed by atoms with Crippen molar-refractivity contribution in [1.29, 1.82) is 0 Å². The molecule has 0 radical (unpaired) electrons. The van der Waals surface area contributed by atoms with E-state index in [0.29, 0.717) is 0 Å². The Hall–Kier alpha value is -3.32. The van der Waals surface area contributed by atoms with E-state index in [9.17, 15) is 9.59 Å². The zero-order valence-corrected chi connectivity index (χ0v) is 17.5. The Morgan fingerprint density at radius 1 is 0.968 bits per heavy atom. The Morgan fingerprint density at radius 3 is 2.29 bits per heavy atom. The second-order valence-electron chi connectivity index (χ2n) is 8.26. The highest BCUT2D eigenvalue weighted by molar-refractivity contribution is 7.13. The summed E-state index contributed by atoms with van der Waals surface area (Å²) in [6.07, 6.45) is 9.68. The van der Waals surface area contributed by atoms with Crippen molar-refractivity contribution in [3.05, 3.63) is 71.8 Å². The van der Waals surface area contributed by atoms with Crippen LogP contribution in [-0.4, -0.2) is 32.8 Å². The van der Waals surface area contributed by atoms with Crippen LogP contribution in [0.15, 0.2) is 71.3 Å². The van der Waals surface area contributed by atoms with Gasteiger partial charge in [0, 0.05) is 11.8 Å². The molecule has 2 amide bonds. The van der Waals surface area contributed by atoms with Gasteiger partial charge in [0.1, 0.15) is 5.69 Å². The highest BCUT2D eigenvalue weighted by Crippen LogP contribution is 2.49. The first-order valence-corrected chi connectivity index (χ1v) is 11.4. The molecule has 154 valence electrons. The number of imide groups is 1. The second-order valence-corrected chi connectivity index (χ2v) is 9.21. The average molecular weight is 429 g/mol. The molecule has 4 atom stereocenters. The number of allylic oxidation sites excluding steroid dienone is 2. The summed E-state index contributed by atoms with van der Waals surface area (Å²) in [5, 5.41) is 12.2. The van der Waals surface area contributed by atoms with E-state index in [1.54, 1.807) is 22.2 Å². The van der Waals surface area contributed by atoms with Gasteiger partial charge in [0.25, 0.3) is 11.8 Å². The Bertz CT molecular complexity index is 1180. The highest BCUT2D eigenvalue weighted by atomic mass is 32.1. The summed E-state index contributed by atoms with van der Waals surface area (Å²) in [5.74, 6) is -0.519. The maximum absolute atomic E-state index is 13.0. The molecule has 3 aliphatic carbocycles. The molecule has 3 heterocycles. The van der Waals surface area contributed by atoms with Crippen molar-refractivity contribution in [2.45, 2.75) is 12.8 Å². The zero-order valence-electron chi connectivity index (χ0n) is 16.7. The molecule has 1 aromatic carbocycles. The van der Waals surface area contributed by atoms with E-state index in [0.717, 1.165) is 39.7 Å². The monoisotopic (exact) mass is 428 g/mol. The van der Waals surface area contributed by atoms with Crippen molar-refractivity contribution in [2.24, 2.45) is 28.8 Å². The molecule has 7 heteroatoms. The van der Waals surface area contributed by atoms with E-state index >= 15 is 0 Å². The minimum atomic E-state index is -0.253. The van der Waals surface area contributed by atoms with Gasteiger partial charge in [0.2, 0.25) is 0 Å². The quantitative estimate of drug-likeness (QED) is 0.356. The maximum Gasteiger partial charge on any atom is 0.254 e. The lowest BCUT2D eigenvalue weighted by Crippen LogP contribution is -2.38. The van der Waals surface area contributed by atoms with Crippen LogP contribution in [0.5, 0.6) is 0 Å². The maximum atomic E-state index is 13.0. The van der Waals surface area contributed by atoms with Gasteiger partial charge >= 0.3 is 0 Å². The van der Waals surface area contributed by atoms with Gasteiger partial charge in [-0.05, 0) is 48.3 Å². The van der Waals surface area contributed by atoms with Crippen molar-refractivity contribution in [3.8, 4) is 16.3 Å². The number of hydrogen-bond acceptors (Lipinski definition) is 5. The molecule has 1 aliphatic heterocycles. The Kier molecular flexibility index (Phi) is 4.24. The first-order valence-electron chi connectivity index (χ1n) is 10.5. The fourth-order valence-corrected chi connectivity index (χ4v) is 5.82.